The fourth-order valence-corrected chi connectivity index (χ4v) is 4.61. The summed E-state index contributed by atoms with van der Waals surface area (Å²) in [5.41, 5.74) is 0.356. The number of carbonyl (C=O) groups excluding carboxylic acids is 5. The molecule has 0 aromatic heterocycles. The first-order valence-electron chi connectivity index (χ1n) is 11.5. The van der Waals surface area contributed by atoms with Crippen LogP contribution in [0.15, 0.2) is 12.1 Å². The third-order valence-electron chi connectivity index (χ3n) is 5.81. The van der Waals surface area contributed by atoms with Gasteiger partial charge in [0.15, 0.2) is 35.9 Å². The number of carbonyl (C=O) groups is 5. The second-order valence-corrected chi connectivity index (χ2v) is 8.44. The summed E-state index contributed by atoms with van der Waals surface area (Å²) in [6, 6.07) is 1.86. The van der Waals surface area contributed by atoms with E-state index in [9.17, 15) is 24.0 Å². The molecule has 3 rings (SSSR count). The standard InChI is InChI=1S/C24H29NO13/c1-10(26)35-20-17(14-7-15(31-5)19-16(8-14)33-9-34-19)18(25-24(30)32-6)21(36-11(2)27)23(38-13(4)29)22(20)37-12(3)28/h7-8,17-18,20-23H,9H2,1-6H3,(H,25,30)/t17?,18-,20-,21+,22+,23+/m1/s1. The number of hydrogen-bond acceptors (Lipinski definition) is 13. The molecule has 1 aromatic rings. The van der Waals surface area contributed by atoms with E-state index in [1.54, 1.807) is 12.1 Å². The molecule has 14 nitrogen and oxygen atoms in total. The highest BCUT2D eigenvalue weighted by molar-refractivity contribution is 5.71. The molecule has 0 radical (unpaired) electrons. The van der Waals surface area contributed by atoms with Crippen molar-refractivity contribution in [2.45, 2.75) is 64.1 Å². The van der Waals surface area contributed by atoms with Gasteiger partial charge in [-0.05, 0) is 17.7 Å². The summed E-state index contributed by atoms with van der Waals surface area (Å²) >= 11 is 0. The predicted molar refractivity (Wildman–Crippen MR) is 123 cm³/mol. The van der Waals surface area contributed by atoms with E-state index in [4.69, 9.17) is 37.9 Å². The molecule has 14 heteroatoms. The molecule has 1 fully saturated rings. The van der Waals surface area contributed by atoms with Crippen LogP contribution in [-0.4, -0.2) is 81.4 Å². The molecule has 38 heavy (non-hydrogen) atoms. The lowest BCUT2D eigenvalue weighted by molar-refractivity contribution is -0.217. The number of nitrogens with one attached hydrogen (secondary N) is 1. The van der Waals surface area contributed by atoms with Crippen molar-refractivity contribution in [3.63, 3.8) is 0 Å². The summed E-state index contributed by atoms with van der Waals surface area (Å²) in [6.07, 6.45) is -6.66. The van der Waals surface area contributed by atoms with Crippen LogP contribution in [0.1, 0.15) is 39.2 Å². The number of fused-ring (bicyclic) bond motifs is 1. The van der Waals surface area contributed by atoms with E-state index in [-0.39, 0.29) is 18.3 Å². The molecule has 1 heterocycles. The third-order valence-corrected chi connectivity index (χ3v) is 5.81. The summed E-state index contributed by atoms with van der Waals surface area (Å²) in [5, 5.41) is 2.58. The Balaban J connectivity index is 2.30. The molecule has 1 unspecified atom stereocenters. The van der Waals surface area contributed by atoms with Gasteiger partial charge in [-0.3, -0.25) is 19.2 Å². The van der Waals surface area contributed by atoms with Crippen LogP contribution in [0.3, 0.4) is 0 Å². The molecule has 1 amide bonds. The van der Waals surface area contributed by atoms with Crippen LogP contribution in [0.5, 0.6) is 17.2 Å². The van der Waals surface area contributed by atoms with Gasteiger partial charge in [-0.25, -0.2) is 4.79 Å². The number of benzene rings is 1. The minimum Gasteiger partial charge on any atom is -0.493 e. The average molecular weight is 539 g/mol. The van der Waals surface area contributed by atoms with Crippen molar-refractivity contribution in [1.29, 1.82) is 0 Å². The molecule has 0 bridgehead atoms. The Kier molecular flexibility index (Phi) is 8.86. The first-order valence-corrected chi connectivity index (χ1v) is 11.5. The zero-order valence-electron chi connectivity index (χ0n) is 21.6. The Labute approximate surface area is 217 Å². The van der Waals surface area contributed by atoms with Crippen molar-refractivity contribution in [2.75, 3.05) is 21.0 Å². The van der Waals surface area contributed by atoms with E-state index in [1.165, 1.54) is 7.11 Å². The predicted octanol–water partition coefficient (Wildman–Crippen LogP) is 0.972. The smallest absolute Gasteiger partial charge is 0.407 e. The highest BCUT2D eigenvalue weighted by Gasteiger charge is 2.58. The Morgan fingerprint density at radius 1 is 0.763 bits per heavy atom. The maximum atomic E-state index is 12.5. The highest BCUT2D eigenvalue weighted by Crippen LogP contribution is 2.47. The molecule has 0 saturated heterocycles. The maximum absolute atomic E-state index is 12.5. The molecule has 1 saturated carbocycles. The molecule has 2 aliphatic rings. The normalized spacial score (nSPS) is 25.4. The third kappa shape index (κ3) is 6.18. The van der Waals surface area contributed by atoms with Crippen molar-refractivity contribution < 1.29 is 61.9 Å². The molecule has 1 aliphatic heterocycles. The largest absolute Gasteiger partial charge is 0.493 e. The maximum Gasteiger partial charge on any atom is 0.407 e. The summed E-state index contributed by atoms with van der Waals surface area (Å²) in [5.74, 6) is -3.40. The molecule has 1 aliphatic carbocycles. The first kappa shape index (κ1) is 28.3. The number of ether oxygens (including phenoxy) is 8. The van der Waals surface area contributed by atoms with E-state index in [2.05, 4.69) is 5.32 Å². The van der Waals surface area contributed by atoms with Crippen LogP contribution >= 0.6 is 0 Å². The van der Waals surface area contributed by atoms with Gasteiger partial charge < -0.3 is 43.2 Å². The number of alkyl carbamates (subject to hydrolysis) is 1. The van der Waals surface area contributed by atoms with Crippen LogP contribution in [-0.2, 0) is 42.9 Å². The van der Waals surface area contributed by atoms with Crippen molar-refractivity contribution in [2.24, 2.45) is 0 Å². The van der Waals surface area contributed by atoms with Crippen LogP contribution in [0, 0.1) is 0 Å². The lowest BCUT2D eigenvalue weighted by Crippen LogP contribution is -2.68. The number of esters is 4. The van der Waals surface area contributed by atoms with Gasteiger partial charge in [-0.2, -0.15) is 0 Å². The zero-order valence-corrected chi connectivity index (χ0v) is 21.6. The van der Waals surface area contributed by atoms with Gasteiger partial charge in [0.1, 0.15) is 0 Å². The van der Waals surface area contributed by atoms with Gasteiger partial charge in [-0.15, -0.1) is 0 Å². The summed E-state index contributed by atoms with van der Waals surface area (Å²) in [6.45, 7) is 4.35. The monoisotopic (exact) mass is 539 g/mol. The fourth-order valence-electron chi connectivity index (χ4n) is 4.61. The highest BCUT2D eigenvalue weighted by atomic mass is 16.7. The Bertz CT molecular complexity index is 1100. The minimum absolute atomic E-state index is 0.0856. The summed E-state index contributed by atoms with van der Waals surface area (Å²) < 4.78 is 43.3. The van der Waals surface area contributed by atoms with E-state index in [0.717, 1.165) is 34.8 Å². The number of methoxy groups -OCH3 is 2. The van der Waals surface area contributed by atoms with Gasteiger partial charge >= 0.3 is 30.0 Å². The van der Waals surface area contributed by atoms with Gasteiger partial charge in [0, 0.05) is 33.6 Å². The first-order chi connectivity index (χ1) is 18.0. The van der Waals surface area contributed by atoms with Crippen molar-refractivity contribution in [3.8, 4) is 17.2 Å². The SMILES string of the molecule is COC(=O)N[C@@H]1C(c2cc(OC)c3c(c2)OCO3)[C@@H](OC(C)=O)[C@H](OC(C)=O)[C@@H](OC(C)=O)[C@H]1OC(C)=O. The number of hydrogen-bond donors (Lipinski definition) is 1. The van der Waals surface area contributed by atoms with Crippen LogP contribution < -0.4 is 19.5 Å². The van der Waals surface area contributed by atoms with Crippen molar-refractivity contribution in [1.82, 2.24) is 5.32 Å². The number of rotatable bonds is 7. The van der Waals surface area contributed by atoms with E-state index >= 15 is 0 Å². The molecule has 208 valence electrons. The topological polar surface area (TPSA) is 171 Å². The Hall–Kier alpha value is -4.23. The van der Waals surface area contributed by atoms with Gasteiger partial charge in [-0.1, -0.05) is 0 Å². The average Bonchev–Trinajstić information content (AvgIpc) is 3.30. The van der Waals surface area contributed by atoms with Crippen molar-refractivity contribution in [3.05, 3.63) is 17.7 Å². The second-order valence-electron chi connectivity index (χ2n) is 8.44. The van der Waals surface area contributed by atoms with E-state index in [1.807, 2.05) is 0 Å². The summed E-state index contributed by atoms with van der Waals surface area (Å²) in [4.78, 5) is 61.1. The Morgan fingerprint density at radius 2 is 1.29 bits per heavy atom. The van der Waals surface area contributed by atoms with Gasteiger partial charge in [0.05, 0.1) is 20.3 Å². The molecule has 1 aromatic carbocycles. The molecule has 0 spiro atoms. The lowest BCUT2D eigenvalue weighted by Gasteiger charge is -2.48. The van der Waals surface area contributed by atoms with Crippen molar-refractivity contribution >= 4 is 30.0 Å². The second kappa shape index (κ2) is 11.9. The van der Waals surface area contributed by atoms with Crippen LogP contribution in [0.2, 0.25) is 0 Å². The van der Waals surface area contributed by atoms with E-state index in [0.29, 0.717) is 11.3 Å². The molecular weight excluding hydrogens is 510 g/mol. The number of amides is 1. The fraction of sp³-hybridized carbons (Fsp3) is 0.542. The molecule has 1 N–H and O–H groups in total. The Morgan fingerprint density at radius 3 is 1.82 bits per heavy atom. The lowest BCUT2D eigenvalue weighted by atomic mass is 9.72. The summed E-state index contributed by atoms with van der Waals surface area (Å²) in [7, 11) is 2.52. The van der Waals surface area contributed by atoms with Gasteiger partial charge in [0.25, 0.3) is 0 Å². The molecular formula is C24H29NO13. The van der Waals surface area contributed by atoms with E-state index < -0.39 is 66.3 Å². The van der Waals surface area contributed by atoms with Crippen LogP contribution in [0.25, 0.3) is 0 Å². The minimum atomic E-state index is -1.49. The quantitative estimate of drug-likeness (QED) is 0.384. The molecule has 6 atom stereocenters. The van der Waals surface area contributed by atoms with Gasteiger partial charge in [0.2, 0.25) is 12.5 Å². The van der Waals surface area contributed by atoms with Crippen LogP contribution in [0.4, 0.5) is 4.79 Å². The zero-order chi connectivity index (χ0) is 28.1.